The Balaban J connectivity index is 0.999. The van der Waals surface area contributed by atoms with Crippen molar-refractivity contribution >= 4 is 51.2 Å². The SMILES string of the molecule is C1=Cc2ccccc2C2(c3ccccc31)c1ccccc1-c1ccc(-c3ccc(N(c4ccc(-c5ccccc5)cc4)c4ccc5oc6ccccc6c5c4)cc3)cc12. The fraction of sp³-hybridized carbons (Fsp3) is 0.0175. The van der Waals surface area contributed by atoms with E-state index in [2.05, 4.69) is 217 Å². The quantitative estimate of drug-likeness (QED) is 0.174. The summed E-state index contributed by atoms with van der Waals surface area (Å²) in [5.74, 6) is 0. The number of benzene rings is 9. The maximum Gasteiger partial charge on any atom is 0.135 e. The van der Waals surface area contributed by atoms with Crippen molar-refractivity contribution in [3.05, 3.63) is 246 Å². The van der Waals surface area contributed by atoms with Gasteiger partial charge in [-0.15, -0.1) is 0 Å². The maximum atomic E-state index is 6.25. The van der Waals surface area contributed by atoms with E-state index in [9.17, 15) is 0 Å². The smallest absolute Gasteiger partial charge is 0.135 e. The van der Waals surface area contributed by atoms with Crippen molar-refractivity contribution in [1.82, 2.24) is 0 Å². The predicted octanol–water partition coefficient (Wildman–Crippen LogP) is 15.2. The summed E-state index contributed by atoms with van der Waals surface area (Å²) >= 11 is 0. The van der Waals surface area contributed by atoms with E-state index < -0.39 is 5.41 Å². The van der Waals surface area contributed by atoms with Gasteiger partial charge in [0.05, 0.1) is 5.41 Å². The molecule has 0 atom stereocenters. The molecular formula is C57H37NO. The molecule has 10 aromatic rings. The predicted molar refractivity (Wildman–Crippen MR) is 246 cm³/mol. The summed E-state index contributed by atoms with van der Waals surface area (Å²) in [6.45, 7) is 0. The van der Waals surface area contributed by atoms with Crippen LogP contribution in [-0.2, 0) is 5.41 Å². The van der Waals surface area contributed by atoms with Gasteiger partial charge in [-0.3, -0.25) is 0 Å². The van der Waals surface area contributed by atoms with Crippen LogP contribution in [0.25, 0.3) is 67.5 Å². The van der Waals surface area contributed by atoms with Crippen molar-refractivity contribution in [1.29, 1.82) is 0 Å². The molecule has 0 fully saturated rings. The van der Waals surface area contributed by atoms with E-state index in [0.29, 0.717) is 0 Å². The molecule has 0 bridgehead atoms. The largest absolute Gasteiger partial charge is 0.456 e. The molecule has 1 heterocycles. The summed E-state index contributed by atoms with van der Waals surface area (Å²) in [5, 5.41) is 2.22. The number of nitrogens with zero attached hydrogens (tertiary/aromatic N) is 1. The van der Waals surface area contributed by atoms with Gasteiger partial charge in [-0.05, 0) is 121 Å². The second kappa shape index (κ2) is 13.2. The lowest BCUT2D eigenvalue weighted by Crippen LogP contribution is -2.29. The minimum atomic E-state index is -0.461. The summed E-state index contributed by atoms with van der Waals surface area (Å²) in [4.78, 5) is 2.35. The van der Waals surface area contributed by atoms with Crippen LogP contribution in [0, 0.1) is 0 Å². The molecule has 1 aromatic heterocycles. The first-order valence-electron chi connectivity index (χ1n) is 20.3. The summed E-state index contributed by atoms with van der Waals surface area (Å²) in [6.07, 6.45) is 4.58. The van der Waals surface area contributed by atoms with Crippen LogP contribution in [0.2, 0.25) is 0 Å². The van der Waals surface area contributed by atoms with Crippen LogP contribution in [0.1, 0.15) is 33.4 Å². The van der Waals surface area contributed by atoms with Gasteiger partial charge in [0, 0.05) is 27.8 Å². The minimum Gasteiger partial charge on any atom is -0.456 e. The van der Waals surface area contributed by atoms with Crippen molar-refractivity contribution < 1.29 is 4.42 Å². The van der Waals surface area contributed by atoms with Gasteiger partial charge in [0.15, 0.2) is 0 Å². The number of hydrogen-bond acceptors (Lipinski definition) is 2. The van der Waals surface area contributed by atoms with Gasteiger partial charge >= 0.3 is 0 Å². The monoisotopic (exact) mass is 751 g/mol. The second-order valence-electron chi connectivity index (χ2n) is 15.6. The molecule has 2 nitrogen and oxygen atoms in total. The van der Waals surface area contributed by atoms with Gasteiger partial charge in [0.1, 0.15) is 11.2 Å². The molecule has 0 saturated carbocycles. The molecule has 0 N–H and O–H groups in total. The highest BCUT2D eigenvalue weighted by atomic mass is 16.3. The van der Waals surface area contributed by atoms with E-state index in [0.717, 1.165) is 39.0 Å². The zero-order valence-electron chi connectivity index (χ0n) is 32.2. The summed E-state index contributed by atoms with van der Waals surface area (Å²) in [7, 11) is 0. The zero-order chi connectivity index (χ0) is 38.9. The van der Waals surface area contributed by atoms with Gasteiger partial charge in [-0.25, -0.2) is 0 Å². The Labute approximate surface area is 343 Å². The molecule has 0 saturated heterocycles. The van der Waals surface area contributed by atoms with E-state index in [1.807, 2.05) is 12.1 Å². The number of furan rings is 1. The third-order valence-electron chi connectivity index (χ3n) is 12.5. The summed E-state index contributed by atoms with van der Waals surface area (Å²) < 4.78 is 6.25. The Morgan fingerprint density at radius 1 is 0.322 bits per heavy atom. The molecule has 0 unspecified atom stereocenters. The molecule has 2 aliphatic rings. The lowest BCUT2D eigenvalue weighted by Gasteiger charge is -2.35. The Morgan fingerprint density at radius 2 is 0.831 bits per heavy atom. The summed E-state index contributed by atoms with van der Waals surface area (Å²) in [5.41, 5.74) is 19.7. The standard InChI is InChI=1S/C57H37NO/c1-2-12-38(13-3-1)39-24-29-44(30-25-39)58(46-33-35-56-50(37-46)49-17-7-11-21-55(49)59-56)45-31-26-40(27-32-45)43-28-34-48-47-16-6-10-20-53(47)57(54(48)36-43)51-18-8-4-14-41(51)22-23-42-15-5-9-19-52(42)57/h1-37H. The van der Waals surface area contributed by atoms with Crippen LogP contribution in [0.15, 0.2) is 217 Å². The van der Waals surface area contributed by atoms with Crippen LogP contribution in [0.5, 0.6) is 0 Å². The topological polar surface area (TPSA) is 16.4 Å². The lowest BCUT2D eigenvalue weighted by molar-refractivity contribution is 0.669. The second-order valence-corrected chi connectivity index (χ2v) is 15.6. The Morgan fingerprint density at radius 3 is 1.54 bits per heavy atom. The molecular weight excluding hydrogens is 715 g/mol. The molecule has 12 rings (SSSR count). The van der Waals surface area contributed by atoms with Crippen LogP contribution < -0.4 is 4.90 Å². The average molecular weight is 752 g/mol. The fourth-order valence-corrected chi connectivity index (χ4v) is 9.87. The van der Waals surface area contributed by atoms with Crippen molar-refractivity contribution in [2.75, 3.05) is 4.90 Å². The van der Waals surface area contributed by atoms with Gasteiger partial charge < -0.3 is 9.32 Å². The number of rotatable bonds is 5. The van der Waals surface area contributed by atoms with Crippen LogP contribution >= 0.6 is 0 Å². The van der Waals surface area contributed by atoms with Gasteiger partial charge in [0.25, 0.3) is 0 Å². The van der Waals surface area contributed by atoms with Gasteiger partial charge in [-0.2, -0.15) is 0 Å². The first-order valence-corrected chi connectivity index (χ1v) is 20.3. The van der Waals surface area contributed by atoms with Gasteiger partial charge in [-0.1, -0.05) is 170 Å². The highest BCUT2D eigenvalue weighted by molar-refractivity contribution is 6.06. The number of para-hydroxylation sites is 1. The van der Waals surface area contributed by atoms with E-state index in [-0.39, 0.29) is 0 Å². The highest BCUT2D eigenvalue weighted by Gasteiger charge is 2.48. The molecule has 0 radical (unpaired) electrons. The van der Waals surface area contributed by atoms with E-state index in [4.69, 9.17) is 4.42 Å². The molecule has 59 heavy (non-hydrogen) atoms. The number of hydrogen-bond donors (Lipinski definition) is 0. The molecule has 0 aliphatic heterocycles. The lowest BCUT2D eigenvalue weighted by atomic mass is 9.66. The van der Waals surface area contributed by atoms with E-state index in [1.165, 1.54) is 66.8 Å². The first kappa shape index (κ1) is 33.5. The highest BCUT2D eigenvalue weighted by Crippen LogP contribution is 2.59. The molecule has 9 aromatic carbocycles. The molecule has 276 valence electrons. The minimum absolute atomic E-state index is 0.461. The molecule has 2 aliphatic carbocycles. The molecule has 1 spiro atoms. The van der Waals surface area contributed by atoms with Gasteiger partial charge in [0.2, 0.25) is 0 Å². The first-order chi connectivity index (χ1) is 29.2. The van der Waals surface area contributed by atoms with E-state index >= 15 is 0 Å². The van der Waals surface area contributed by atoms with Crippen molar-refractivity contribution in [3.8, 4) is 33.4 Å². The number of fused-ring (bicyclic) bond motifs is 12. The van der Waals surface area contributed by atoms with Crippen LogP contribution in [0.4, 0.5) is 17.1 Å². The summed E-state index contributed by atoms with van der Waals surface area (Å²) in [6, 6.07) is 77.3. The normalized spacial score (nSPS) is 13.2. The van der Waals surface area contributed by atoms with Crippen molar-refractivity contribution in [2.24, 2.45) is 0 Å². The van der Waals surface area contributed by atoms with Crippen LogP contribution in [-0.4, -0.2) is 0 Å². The van der Waals surface area contributed by atoms with Crippen molar-refractivity contribution in [3.63, 3.8) is 0 Å². The zero-order valence-corrected chi connectivity index (χ0v) is 32.2. The van der Waals surface area contributed by atoms with E-state index in [1.54, 1.807) is 0 Å². The Kier molecular flexibility index (Phi) is 7.48. The Hall–Kier alpha value is -7.68. The Bertz CT molecular complexity index is 3210. The maximum absolute atomic E-state index is 6.25. The van der Waals surface area contributed by atoms with Crippen LogP contribution in [0.3, 0.4) is 0 Å². The van der Waals surface area contributed by atoms with Crippen molar-refractivity contribution in [2.45, 2.75) is 5.41 Å². The number of anilines is 3. The molecule has 0 amide bonds. The third-order valence-corrected chi connectivity index (χ3v) is 12.5. The third kappa shape index (κ3) is 5.13. The fourth-order valence-electron chi connectivity index (χ4n) is 9.87. The molecule has 2 heteroatoms. The average Bonchev–Trinajstić information content (AvgIpc) is 3.77.